The lowest BCUT2D eigenvalue weighted by Gasteiger charge is -2.19. The standard InChI is InChI=1S/C14H18FNO.C9H10FN/c1-14(2,3)13(17)16-12-8-7-11(15)9-5-4-6-10(9)12;10-8-4-5-9(11)7-3-1-2-6(7)8/h7-8H,4-6H2,1-3H3,(H,16,17);4-5H,1-3,11H2. The minimum atomic E-state index is -0.431. The van der Waals surface area contributed by atoms with Gasteiger partial charge in [0.25, 0.3) is 0 Å². The Hall–Kier alpha value is -2.43. The zero-order valence-electron chi connectivity index (χ0n) is 16.8. The van der Waals surface area contributed by atoms with Crippen LogP contribution >= 0.6 is 0 Å². The van der Waals surface area contributed by atoms with Gasteiger partial charge in [-0.05, 0) is 85.0 Å². The molecule has 2 aliphatic carbocycles. The molecular formula is C23H28F2N2O. The van der Waals surface area contributed by atoms with Gasteiger partial charge < -0.3 is 11.1 Å². The molecule has 28 heavy (non-hydrogen) atoms. The Morgan fingerprint density at radius 2 is 1.36 bits per heavy atom. The third-order valence-electron chi connectivity index (χ3n) is 5.42. The molecule has 0 atom stereocenters. The van der Waals surface area contributed by atoms with Gasteiger partial charge in [-0.25, -0.2) is 8.78 Å². The summed E-state index contributed by atoms with van der Waals surface area (Å²) in [4.78, 5) is 11.9. The van der Waals surface area contributed by atoms with Gasteiger partial charge in [-0.1, -0.05) is 20.8 Å². The summed E-state index contributed by atoms with van der Waals surface area (Å²) in [5.41, 5.74) is 10.4. The maximum atomic E-state index is 13.5. The van der Waals surface area contributed by atoms with E-state index >= 15 is 0 Å². The number of carbonyl (C=O) groups excluding carboxylic acids is 1. The molecular weight excluding hydrogens is 358 g/mol. The minimum Gasteiger partial charge on any atom is -0.398 e. The molecule has 0 bridgehead atoms. The SMILES string of the molecule is CC(C)(C)C(=O)Nc1ccc(F)c2c1CCC2.Nc1ccc(F)c2c1CCC2. The van der Waals surface area contributed by atoms with E-state index in [9.17, 15) is 13.6 Å². The van der Waals surface area contributed by atoms with Crippen molar-refractivity contribution in [1.82, 2.24) is 0 Å². The van der Waals surface area contributed by atoms with Crippen LogP contribution in [-0.4, -0.2) is 5.91 Å². The van der Waals surface area contributed by atoms with Crippen molar-refractivity contribution in [2.45, 2.75) is 59.3 Å². The summed E-state index contributed by atoms with van der Waals surface area (Å²) in [7, 11) is 0. The molecule has 0 unspecified atom stereocenters. The van der Waals surface area contributed by atoms with Gasteiger partial charge in [-0.2, -0.15) is 0 Å². The van der Waals surface area contributed by atoms with Crippen molar-refractivity contribution in [3.63, 3.8) is 0 Å². The van der Waals surface area contributed by atoms with Crippen molar-refractivity contribution < 1.29 is 13.6 Å². The van der Waals surface area contributed by atoms with Crippen molar-refractivity contribution in [3.8, 4) is 0 Å². The number of fused-ring (bicyclic) bond motifs is 2. The van der Waals surface area contributed by atoms with E-state index in [4.69, 9.17) is 5.73 Å². The van der Waals surface area contributed by atoms with E-state index in [1.165, 1.54) is 12.1 Å². The monoisotopic (exact) mass is 386 g/mol. The Morgan fingerprint density at radius 3 is 1.93 bits per heavy atom. The highest BCUT2D eigenvalue weighted by molar-refractivity contribution is 5.95. The van der Waals surface area contributed by atoms with Crippen LogP contribution in [0.1, 0.15) is 55.9 Å². The molecule has 5 heteroatoms. The van der Waals surface area contributed by atoms with Crippen LogP contribution in [0.15, 0.2) is 24.3 Å². The van der Waals surface area contributed by atoms with Crippen LogP contribution in [0.2, 0.25) is 0 Å². The Bertz CT molecular complexity index is 871. The van der Waals surface area contributed by atoms with Gasteiger partial charge >= 0.3 is 0 Å². The number of halogens is 2. The van der Waals surface area contributed by atoms with Gasteiger partial charge in [-0.15, -0.1) is 0 Å². The third kappa shape index (κ3) is 4.18. The largest absolute Gasteiger partial charge is 0.398 e. The summed E-state index contributed by atoms with van der Waals surface area (Å²) in [5, 5.41) is 2.90. The number of anilines is 2. The summed E-state index contributed by atoms with van der Waals surface area (Å²) in [5.74, 6) is -0.267. The van der Waals surface area contributed by atoms with E-state index < -0.39 is 5.41 Å². The number of hydrogen-bond donors (Lipinski definition) is 2. The number of amides is 1. The van der Waals surface area contributed by atoms with E-state index in [1.807, 2.05) is 20.8 Å². The van der Waals surface area contributed by atoms with Crippen molar-refractivity contribution in [2.24, 2.45) is 5.41 Å². The van der Waals surface area contributed by atoms with E-state index in [1.54, 1.807) is 12.1 Å². The molecule has 0 aliphatic heterocycles. The Labute approximate surface area is 165 Å². The lowest BCUT2D eigenvalue weighted by Crippen LogP contribution is -2.28. The molecule has 0 radical (unpaired) electrons. The fourth-order valence-electron chi connectivity index (χ4n) is 3.78. The van der Waals surface area contributed by atoms with Gasteiger partial charge in [0.2, 0.25) is 5.91 Å². The molecule has 0 fully saturated rings. The number of rotatable bonds is 1. The van der Waals surface area contributed by atoms with E-state index in [-0.39, 0.29) is 17.5 Å². The van der Waals surface area contributed by atoms with Crippen molar-refractivity contribution in [1.29, 1.82) is 0 Å². The van der Waals surface area contributed by atoms with Crippen LogP contribution in [0.3, 0.4) is 0 Å². The molecule has 0 aromatic heterocycles. The first-order valence-electron chi connectivity index (χ1n) is 9.86. The normalized spacial score (nSPS) is 14.8. The smallest absolute Gasteiger partial charge is 0.229 e. The first-order chi connectivity index (χ1) is 13.2. The Morgan fingerprint density at radius 1 is 0.857 bits per heavy atom. The zero-order chi connectivity index (χ0) is 20.5. The number of nitrogens with one attached hydrogen (secondary N) is 1. The minimum absolute atomic E-state index is 0.0294. The maximum absolute atomic E-state index is 13.5. The summed E-state index contributed by atoms with van der Waals surface area (Å²) < 4.78 is 26.5. The van der Waals surface area contributed by atoms with Crippen LogP contribution in [0.4, 0.5) is 20.2 Å². The zero-order valence-corrected chi connectivity index (χ0v) is 16.8. The second-order valence-corrected chi connectivity index (χ2v) is 8.56. The van der Waals surface area contributed by atoms with Crippen molar-refractivity contribution in [2.75, 3.05) is 11.1 Å². The molecule has 0 saturated heterocycles. The third-order valence-corrected chi connectivity index (χ3v) is 5.42. The first-order valence-corrected chi connectivity index (χ1v) is 9.86. The van der Waals surface area contributed by atoms with Gasteiger partial charge in [0.05, 0.1) is 0 Å². The van der Waals surface area contributed by atoms with Crippen LogP contribution in [-0.2, 0) is 30.5 Å². The fraction of sp³-hybridized carbons (Fsp3) is 0.435. The number of nitrogen functional groups attached to an aromatic ring is 1. The molecule has 0 saturated carbocycles. The Balaban J connectivity index is 0.000000176. The van der Waals surface area contributed by atoms with Gasteiger partial charge in [0.1, 0.15) is 11.6 Å². The molecule has 2 aromatic carbocycles. The molecule has 0 spiro atoms. The van der Waals surface area contributed by atoms with Gasteiger partial charge in [-0.3, -0.25) is 4.79 Å². The first kappa shape index (κ1) is 20.3. The number of nitrogens with two attached hydrogens (primary N) is 1. The Kier molecular flexibility index (Phi) is 5.73. The fourth-order valence-corrected chi connectivity index (χ4v) is 3.78. The second kappa shape index (κ2) is 7.90. The summed E-state index contributed by atoms with van der Waals surface area (Å²) in [6.07, 6.45) is 5.44. The number of hydrogen-bond acceptors (Lipinski definition) is 2. The number of carbonyl (C=O) groups is 1. The molecule has 3 N–H and O–H groups in total. The van der Waals surface area contributed by atoms with Crippen molar-refractivity contribution >= 4 is 17.3 Å². The molecule has 3 nitrogen and oxygen atoms in total. The molecule has 2 aromatic rings. The number of benzene rings is 2. The van der Waals surface area contributed by atoms with Gasteiger partial charge in [0.15, 0.2) is 0 Å². The van der Waals surface area contributed by atoms with Crippen LogP contribution < -0.4 is 11.1 Å². The topological polar surface area (TPSA) is 55.1 Å². The quantitative estimate of drug-likeness (QED) is 0.662. The predicted octanol–water partition coefficient (Wildman–Crippen LogP) is 5.20. The highest BCUT2D eigenvalue weighted by Gasteiger charge is 2.24. The average Bonchev–Trinajstić information content (AvgIpc) is 3.30. The lowest BCUT2D eigenvalue weighted by molar-refractivity contribution is -0.123. The van der Waals surface area contributed by atoms with E-state index in [2.05, 4.69) is 5.32 Å². The molecule has 2 aliphatic rings. The van der Waals surface area contributed by atoms with Crippen molar-refractivity contribution in [3.05, 3.63) is 58.2 Å². The highest BCUT2D eigenvalue weighted by atomic mass is 19.1. The lowest BCUT2D eigenvalue weighted by atomic mass is 9.95. The van der Waals surface area contributed by atoms with Crippen LogP contribution in [0, 0.1) is 17.0 Å². The van der Waals surface area contributed by atoms with Gasteiger partial charge in [0, 0.05) is 16.8 Å². The summed E-state index contributed by atoms with van der Waals surface area (Å²) in [6, 6.07) is 6.23. The predicted molar refractivity (Wildman–Crippen MR) is 109 cm³/mol. The van der Waals surface area contributed by atoms with E-state index in [0.717, 1.165) is 72.2 Å². The average molecular weight is 386 g/mol. The molecule has 150 valence electrons. The van der Waals surface area contributed by atoms with Crippen LogP contribution in [0.5, 0.6) is 0 Å². The highest BCUT2D eigenvalue weighted by Crippen LogP contribution is 2.32. The summed E-state index contributed by atoms with van der Waals surface area (Å²) >= 11 is 0. The molecule has 4 rings (SSSR count). The molecule has 0 heterocycles. The molecule has 1 amide bonds. The second-order valence-electron chi connectivity index (χ2n) is 8.56. The van der Waals surface area contributed by atoms with E-state index in [0.29, 0.717) is 0 Å². The van der Waals surface area contributed by atoms with Crippen LogP contribution in [0.25, 0.3) is 0 Å². The summed E-state index contributed by atoms with van der Waals surface area (Å²) in [6.45, 7) is 5.60. The maximum Gasteiger partial charge on any atom is 0.229 e.